The molecule has 7 nitrogen and oxygen atoms in total. The molecule has 0 aromatic heterocycles. The Balaban J connectivity index is 1.16. The number of carbonyl (C=O) groups excluding carboxylic acids is 3. The maximum absolute atomic E-state index is 12.8. The number of nitrogens with zero attached hydrogens (tertiary/aromatic N) is 1. The zero-order valence-corrected chi connectivity index (χ0v) is 15.4. The highest BCUT2D eigenvalue weighted by Gasteiger charge is 2.65. The molecule has 7 aliphatic rings. The maximum atomic E-state index is 12.8. The van der Waals surface area contributed by atoms with Gasteiger partial charge in [-0.1, -0.05) is 0 Å². The lowest BCUT2D eigenvalue weighted by atomic mass is 9.53. The summed E-state index contributed by atoms with van der Waals surface area (Å²) in [5, 5.41) is 3.26. The summed E-state index contributed by atoms with van der Waals surface area (Å²) in [6.07, 6.45) is 7.10. The van der Waals surface area contributed by atoms with Crippen molar-refractivity contribution < 1.29 is 19.1 Å². The van der Waals surface area contributed by atoms with Crippen molar-refractivity contribution in [2.24, 2.45) is 35.3 Å². The third-order valence-electron chi connectivity index (χ3n) is 8.25. The number of hydrogen-bond donors (Lipinski definition) is 2. The van der Waals surface area contributed by atoms with Gasteiger partial charge in [-0.15, -0.1) is 0 Å². The predicted molar refractivity (Wildman–Crippen MR) is 94.0 cm³/mol. The lowest BCUT2D eigenvalue weighted by Gasteiger charge is -2.57. The number of hydrogen-bond acceptors (Lipinski definition) is 5. The quantitative estimate of drug-likeness (QED) is 0.687. The van der Waals surface area contributed by atoms with E-state index in [1.807, 2.05) is 0 Å². The summed E-state index contributed by atoms with van der Waals surface area (Å²) in [5.41, 5.74) is 5.94. The largest absolute Gasteiger partial charge is 0.372 e. The summed E-state index contributed by atoms with van der Waals surface area (Å²) >= 11 is 0. The summed E-state index contributed by atoms with van der Waals surface area (Å²) in [4.78, 5) is 39.6. The van der Waals surface area contributed by atoms with E-state index in [2.05, 4.69) is 5.32 Å². The zero-order chi connectivity index (χ0) is 18.5. The van der Waals surface area contributed by atoms with Gasteiger partial charge >= 0.3 is 0 Å². The van der Waals surface area contributed by atoms with Crippen LogP contribution in [0.3, 0.4) is 0 Å². The van der Waals surface area contributed by atoms with E-state index < -0.39 is 11.8 Å². The van der Waals surface area contributed by atoms with Gasteiger partial charge in [0.2, 0.25) is 17.7 Å². The average Bonchev–Trinajstić information content (AvgIpc) is 3.20. The van der Waals surface area contributed by atoms with E-state index in [-0.39, 0.29) is 48.1 Å². The molecule has 0 aromatic carbocycles. The molecular weight excluding hydrogens is 346 g/mol. The van der Waals surface area contributed by atoms with Crippen LogP contribution in [0.25, 0.3) is 0 Å². The van der Waals surface area contributed by atoms with Crippen LogP contribution < -0.4 is 11.1 Å². The number of ether oxygens (including phenoxy) is 1. The number of rotatable bonds is 3. The number of nitrogens with one attached hydrogen (secondary N) is 1. The third-order valence-corrected chi connectivity index (χ3v) is 8.25. The van der Waals surface area contributed by atoms with Gasteiger partial charge in [0.05, 0.1) is 24.0 Å². The molecule has 5 unspecified atom stereocenters. The van der Waals surface area contributed by atoms with E-state index >= 15 is 0 Å². The Morgan fingerprint density at radius 1 is 1.04 bits per heavy atom. The van der Waals surface area contributed by atoms with Crippen molar-refractivity contribution >= 4 is 17.7 Å². The molecule has 5 atom stereocenters. The van der Waals surface area contributed by atoms with Crippen LogP contribution in [0.2, 0.25) is 0 Å². The SMILES string of the molecule is NC1CC2OC1C1C(=O)N(CC(=O)NC34CC5CC(CC(C5)C3)C4)C(=O)C21. The summed E-state index contributed by atoms with van der Waals surface area (Å²) < 4.78 is 5.74. The Morgan fingerprint density at radius 2 is 1.63 bits per heavy atom. The Morgan fingerprint density at radius 3 is 2.26 bits per heavy atom. The zero-order valence-electron chi connectivity index (χ0n) is 15.4. The molecule has 0 spiro atoms. The highest BCUT2D eigenvalue weighted by molar-refractivity contribution is 6.08. The lowest BCUT2D eigenvalue weighted by molar-refractivity contribution is -0.147. The summed E-state index contributed by atoms with van der Waals surface area (Å²) in [6, 6.07) is -0.186. The Labute approximate surface area is 158 Å². The number of amides is 3. The first kappa shape index (κ1) is 16.5. The van der Waals surface area contributed by atoms with Gasteiger partial charge < -0.3 is 15.8 Å². The molecule has 27 heavy (non-hydrogen) atoms. The number of carbonyl (C=O) groups is 3. The molecular formula is C20H27N3O4. The number of likely N-dealkylation sites (tertiary alicyclic amines) is 1. The molecule has 146 valence electrons. The summed E-state index contributed by atoms with van der Waals surface area (Å²) in [7, 11) is 0. The minimum Gasteiger partial charge on any atom is -0.372 e. The second-order valence-electron chi connectivity index (χ2n) is 10.1. The van der Waals surface area contributed by atoms with E-state index in [1.54, 1.807) is 0 Å². The van der Waals surface area contributed by atoms with Crippen LogP contribution in [-0.4, -0.2) is 53.0 Å². The van der Waals surface area contributed by atoms with Gasteiger partial charge in [-0.25, -0.2) is 0 Å². The lowest BCUT2D eigenvalue weighted by Crippen LogP contribution is -2.61. The Hall–Kier alpha value is -1.47. The average molecular weight is 373 g/mol. The number of fused-ring (bicyclic) bond motifs is 5. The van der Waals surface area contributed by atoms with Crippen molar-refractivity contribution in [1.29, 1.82) is 0 Å². The van der Waals surface area contributed by atoms with Crippen LogP contribution in [0.4, 0.5) is 0 Å². The third kappa shape index (κ3) is 2.24. The first-order chi connectivity index (χ1) is 12.9. The second kappa shape index (κ2) is 5.32. The maximum Gasteiger partial charge on any atom is 0.240 e. The molecule has 7 fully saturated rings. The fourth-order valence-electron chi connectivity index (χ4n) is 7.75. The summed E-state index contributed by atoms with van der Waals surface area (Å²) in [6.45, 7) is -0.152. The van der Waals surface area contributed by atoms with Crippen molar-refractivity contribution in [3.63, 3.8) is 0 Å². The van der Waals surface area contributed by atoms with Crippen LogP contribution in [0.1, 0.15) is 44.9 Å². The Kier molecular flexibility index (Phi) is 3.25. The topological polar surface area (TPSA) is 102 Å². The first-order valence-electron chi connectivity index (χ1n) is 10.5. The minimum absolute atomic E-state index is 0.0992. The number of nitrogens with two attached hydrogens (primary N) is 1. The number of imide groups is 1. The van der Waals surface area contributed by atoms with E-state index in [0.29, 0.717) is 6.42 Å². The smallest absolute Gasteiger partial charge is 0.240 e. The van der Waals surface area contributed by atoms with E-state index in [4.69, 9.17) is 10.5 Å². The molecule has 0 radical (unpaired) electrons. The van der Waals surface area contributed by atoms with Crippen LogP contribution in [-0.2, 0) is 19.1 Å². The molecule has 3 heterocycles. The van der Waals surface area contributed by atoms with Crippen molar-refractivity contribution in [1.82, 2.24) is 10.2 Å². The van der Waals surface area contributed by atoms with Gasteiger partial charge in [0, 0.05) is 11.6 Å². The van der Waals surface area contributed by atoms with E-state index in [9.17, 15) is 14.4 Å². The van der Waals surface area contributed by atoms with Crippen molar-refractivity contribution in [2.75, 3.05) is 6.54 Å². The molecule has 4 saturated carbocycles. The molecule has 7 rings (SSSR count). The fraction of sp³-hybridized carbons (Fsp3) is 0.850. The second-order valence-corrected chi connectivity index (χ2v) is 10.1. The molecule has 3 amide bonds. The van der Waals surface area contributed by atoms with Gasteiger partial charge in [0.1, 0.15) is 6.54 Å². The van der Waals surface area contributed by atoms with Crippen LogP contribution in [0, 0.1) is 29.6 Å². The normalized spacial score (nSPS) is 52.0. The highest BCUT2D eigenvalue weighted by Crippen LogP contribution is 2.55. The first-order valence-corrected chi connectivity index (χ1v) is 10.5. The van der Waals surface area contributed by atoms with E-state index in [1.165, 1.54) is 24.2 Å². The van der Waals surface area contributed by atoms with Crippen LogP contribution >= 0.6 is 0 Å². The minimum atomic E-state index is -0.487. The van der Waals surface area contributed by atoms with Crippen molar-refractivity contribution in [3.8, 4) is 0 Å². The molecule has 3 saturated heterocycles. The van der Waals surface area contributed by atoms with Gasteiger partial charge in [-0.3, -0.25) is 19.3 Å². The molecule has 0 aromatic rings. The molecule has 4 aliphatic carbocycles. The van der Waals surface area contributed by atoms with Crippen LogP contribution in [0.15, 0.2) is 0 Å². The van der Waals surface area contributed by atoms with Crippen LogP contribution in [0.5, 0.6) is 0 Å². The fourth-order valence-corrected chi connectivity index (χ4v) is 7.75. The molecule has 3 N–H and O–H groups in total. The van der Waals surface area contributed by atoms with Gasteiger partial charge in [0.25, 0.3) is 0 Å². The molecule has 3 aliphatic heterocycles. The monoisotopic (exact) mass is 373 g/mol. The van der Waals surface area contributed by atoms with Gasteiger partial charge in [0.15, 0.2) is 0 Å². The van der Waals surface area contributed by atoms with Crippen molar-refractivity contribution in [2.45, 2.75) is 68.7 Å². The van der Waals surface area contributed by atoms with E-state index in [0.717, 1.165) is 37.0 Å². The molecule has 7 heteroatoms. The van der Waals surface area contributed by atoms with Gasteiger partial charge in [-0.05, 0) is 62.7 Å². The van der Waals surface area contributed by atoms with Crippen molar-refractivity contribution in [3.05, 3.63) is 0 Å². The van der Waals surface area contributed by atoms with Gasteiger partial charge in [-0.2, -0.15) is 0 Å². The Bertz CT molecular complexity index is 701. The predicted octanol–water partition coefficient (Wildman–Crippen LogP) is 0.171. The summed E-state index contributed by atoms with van der Waals surface area (Å²) in [5.74, 6) is 0.587. The highest BCUT2D eigenvalue weighted by atomic mass is 16.5. The standard InChI is InChI=1S/C20H27N3O4/c21-12-4-13-15-16(17(12)27-13)19(26)23(18(15)25)8-14(24)22-20-5-9-1-10(6-20)3-11(2-9)7-20/h9-13,15-17H,1-8,21H2,(H,22,24). The molecule has 6 bridgehead atoms.